The minimum atomic E-state index is -5.08. The molecule has 0 spiro atoms. The quantitative estimate of drug-likeness (QED) is 0.543. The van der Waals surface area contributed by atoms with Crippen molar-refractivity contribution in [2.45, 2.75) is 76.4 Å². The topological polar surface area (TPSA) is 107 Å². The highest BCUT2D eigenvalue weighted by Gasteiger charge is 2.38. The minimum Gasteiger partial charge on any atom is -0.481 e. The lowest BCUT2D eigenvalue weighted by Crippen LogP contribution is -2.46. The molecule has 2 fully saturated rings. The number of carboxylic acid groups (broad SMARTS) is 2. The standard InChI is InChI=1S/C17H30N2O3.C2HF3O2/c20-16(21)10-4-5-11-19-12-6-7-14(13-19)17(22)18-15-8-2-1-3-9-15;3-2(4,5)1(6)7/h14-15H,1-13H2,(H,18,22)(H,20,21);(H,6,7). The first-order valence-electron chi connectivity index (χ1n) is 10.1. The molecule has 0 bridgehead atoms. The number of halogens is 3. The Hall–Kier alpha value is -1.84. The number of hydrogen-bond donors (Lipinski definition) is 3. The summed E-state index contributed by atoms with van der Waals surface area (Å²) in [5.74, 6) is -3.12. The zero-order valence-corrected chi connectivity index (χ0v) is 16.5. The number of rotatable bonds is 7. The van der Waals surface area contributed by atoms with Gasteiger partial charge in [-0.1, -0.05) is 19.3 Å². The molecular weight excluding hydrogens is 393 g/mol. The average Bonchev–Trinajstić information content (AvgIpc) is 2.66. The summed E-state index contributed by atoms with van der Waals surface area (Å²) in [4.78, 5) is 34.2. The van der Waals surface area contributed by atoms with Gasteiger partial charge in [-0.15, -0.1) is 0 Å². The number of aliphatic carboxylic acids is 2. The third-order valence-corrected chi connectivity index (χ3v) is 5.19. The van der Waals surface area contributed by atoms with Crippen molar-refractivity contribution in [3.05, 3.63) is 0 Å². The molecule has 0 aromatic rings. The lowest BCUT2D eigenvalue weighted by molar-refractivity contribution is -0.192. The zero-order chi connectivity index (χ0) is 21.9. The lowest BCUT2D eigenvalue weighted by Gasteiger charge is -2.33. The van der Waals surface area contributed by atoms with Gasteiger partial charge in [-0.3, -0.25) is 9.59 Å². The second kappa shape index (κ2) is 12.7. The Morgan fingerprint density at radius 2 is 1.59 bits per heavy atom. The third kappa shape index (κ3) is 11.1. The Bertz CT molecular complexity index is 536. The predicted molar refractivity (Wildman–Crippen MR) is 99.4 cm³/mol. The third-order valence-electron chi connectivity index (χ3n) is 5.19. The van der Waals surface area contributed by atoms with Crippen molar-refractivity contribution in [3.63, 3.8) is 0 Å². The van der Waals surface area contributed by atoms with E-state index in [9.17, 15) is 22.8 Å². The van der Waals surface area contributed by atoms with Crippen LogP contribution in [-0.4, -0.2) is 64.8 Å². The Morgan fingerprint density at radius 3 is 2.14 bits per heavy atom. The molecule has 7 nitrogen and oxygen atoms in total. The Morgan fingerprint density at radius 1 is 0.966 bits per heavy atom. The molecule has 0 radical (unpaired) electrons. The number of carboxylic acids is 2. The van der Waals surface area contributed by atoms with E-state index >= 15 is 0 Å². The van der Waals surface area contributed by atoms with Gasteiger partial charge in [0.15, 0.2) is 0 Å². The van der Waals surface area contributed by atoms with E-state index in [0.717, 1.165) is 58.2 Å². The molecule has 1 aliphatic heterocycles. The number of alkyl halides is 3. The van der Waals surface area contributed by atoms with Crippen LogP contribution in [0.15, 0.2) is 0 Å². The maximum Gasteiger partial charge on any atom is 0.490 e. The van der Waals surface area contributed by atoms with Crippen LogP contribution in [0.1, 0.15) is 64.2 Å². The average molecular weight is 424 g/mol. The van der Waals surface area contributed by atoms with Crippen LogP contribution in [0.5, 0.6) is 0 Å². The molecule has 1 amide bonds. The van der Waals surface area contributed by atoms with Gasteiger partial charge in [-0.2, -0.15) is 13.2 Å². The monoisotopic (exact) mass is 424 g/mol. The Balaban J connectivity index is 0.000000516. The van der Waals surface area contributed by atoms with E-state index in [4.69, 9.17) is 15.0 Å². The first-order chi connectivity index (χ1) is 13.6. The molecule has 1 aliphatic carbocycles. The fraction of sp³-hybridized carbons (Fsp3) is 0.842. The summed E-state index contributed by atoms with van der Waals surface area (Å²) in [6.07, 6.45) is 4.92. The predicted octanol–water partition coefficient (Wildman–Crippen LogP) is 3.04. The molecule has 1 saturated carbocycles. The van der Waals surface area contributed by atoms with Crippen molar-refractivity contribution in [2.24, 2.45) is 5.92 Å². The fourth-order valence-corrected chi connectivity index (χ4v) is 3.65. The minimum absolute atomic E-state index is 0.121. The molecule has 168 valence electrons. The summed E-state index contributed by atoms with van der Waals surface area (Å²) < 4.78 is 31.7. The molecule has 0 aromatic carbocycles. The number of piperidine rings is 1. The number of carbonyl (C=O) groups is 3. The van der Waals surface area contributed by atoms with Crippen LogP contribution < -0.4 is 5.32 Å². The molecule has 1 unspecified atom stereocenters. The largest absolute Gasteiger partial charge is 0.490 e. The van der Waals surface area contributed by atoms with Crippen LogP contribution in [0.2, 0.25) is 0 Å². The molecule has 10 heteroatoms. The molecule has 3 N–H and O–H groups in total. The molecule has 2 aliphatic rings. The van der Waals surface area contributed by atoms with E-state index in [1.807, 2.05) is 0 Å². The molecule has 29 heavy (non-hydrogen) atoms. The highest BCUT2D eigenvalue weighted by Crippen LogP contribution is 2.21. The van der Waals surface area contributed by atoms with E-state index < -0.39 is 18.1 Å². The normalized spacial score (nSPS) is 21.0. The van der Waals surface area contributed by atoms with Crippen LogP contribution in [0.4, 0.5) is 13.2 Å². The SMILES string of the molecule is O=C(O)C(F)(F)F.O=C(O)CCCCN1CCCC(C(=O)NC2CCCCC2)C1. The van der Waals surface area contributed by atoms with E-state index in [1.54, 1.807) is 0 Å². The van der Waals surface area contributed by atoms with Gasteiger partial charge in [0.2, 0.25) is 5.91 Å². The first kappa shape index (κ1) is 25.2. The van der Waals surface area contributed by atoms with Crippen LogP contribution in [0.25, 0.3) is 0 Å². The highest BCUT2D eigenvalue weighted by atomic mass is 19.4. The number of likely N-dealkylation sites (tertiary alicyclic amines) is 1. The summed E-state index contributed by atoms with van der Waals surface area (Å²) in [5.41, 5.74) is 0. The first-order valence-corrected chi connectivity index (χ1v) is 10.1. The van der Waals surface area contributed by atoms with Crippen molar-refractivity contribution < 1.29 is 37.8 Å². The summed E-state index contributed by atoms with van der Waals surface area (Å²) in [6, 6.07) is 0.396. The van der Waals surface area contributed by atoms with Crippen molar-refractivity contribution >= 4 is 17.8 Å². The summed E-state index contributed by atoms with van der Waals surface area (Å²) >= 11 is 0. The van der Waals surface area contributed by atoms with Crippen LogP contribution >= 0.6 is 0 Å². The lowest BCUT2D eigenvalue weighted by atomic mass is 9.93. The number of nitrogens with one attached hydrogen (secondary N) is 1. The van der Waals surface area contributed by atoms with Gasteiger partial charge in [-0.05, 0) is 51.6 Å². The highest BCUT2D eigenvalue weighted by molar-refractivity contribution is 5.79. The molecule has 1 atom stereocenters. The number of unbranched alkanes of at least 4 members (excludes halogenated alkanes) is 1. The van der Waals surface area contributed by atoms with Crippen molar-refractivity contribution in [1.29, 1.82) is 0 Å². The van der Waals surface area contributed by atoms with E-state index in [0.29, 0.717) is 6.04 Å². The zero-order valence-electron chi connectivity index (χ0n) is 16.5. The van der Waals surface area contributed by atoms with Crippen molar-refractivity contribution in [1.82, 2.24) is 10.2 Å². The van der Waals surface area contributed by atoms with Gasteiger partial charge in [0, 0.05) is 19.0 Å². The van der Waals surface area contributed by atoms with Crippen LogP contribution in [0.3, 0.4) is 0 Å². The summed E-state index contributed by atoms with van der Waals surface area (Å²) in [7, 11) is 0. The van der Waals surface area contributed by atoms with Gasteiger partial charge in [0.25, 0.3) is 0 Å². The van der Waals surface area contributed by atoms with Crippen molar-refractivity contribution in [3.8, 4) is 0 Å². The maximum atomic E-state index is 12.4. The Labute approximate surface area is 168 Å². The van der Waals surface area contributed by atoms with E-state index in [1.165, 1.54) is 19.3 Å². The Kier molecular flexibility index (Phi) is 11.0. The van der Waals surface area contributed by atoms with Gasteiger partial charge in [-0.25, -0.2) is 4.79 Å². The second-order valence-electron chi connectivity index (χ2n) is 7.64. The summed E-state index contributed by atoms with van der Waals surface area (Å²) in [6.45, 7) is 2.80. The van der Waals surface area contributed by atoms with Crippen LogP contribution in [-0.2, 0) is 14.4 Å². The number of amides is 1. The van der Waals surface area contributed by atoms with Crippen LogP contribution in [0, 0.1) is 5.92 Å². The van der Waals surface area contributed by atoms with Gasteiger partial charge < -0.3 is 20.4 Å². The smallest absolute Gasteiger partial charge is 0.481 e. The molecule has 2 rings (SSSR count). The van der Waals surface area contributed by atoms with Gasteiger partial charge >= 0.3 is 18.1 Å². The number of hydrogen-bond acceptors (Lipinski definition) is 4. The van der Waals surface area contributed by atoms with E-state index in [2.05, 4.69) is 10.2 Å². The maximum absolute atomic E-state index is 12.4. The molecule has 1 saturated heterocycles. The van der Waals surface area contributed by atoms with Gasteiger partial charge in [0.05, 0.1) is 5.92 Å². The number of carbonyl (C=O) groups excluding carboxylic acids is 1. The fourth-order valence-electron chi connectivity index (χ4n) is 3.65. The molecule has 0 aromatic heterocycles. The second-order valence-corrected chi connectivity index (χ2v) is 7.64. The summed E-state index contributed by atoms with van der Waals surface area (Å²) in [5, 5.41) is 19.0. The molecule has 1 heterocycles. The molecular formula is C19H31F3N2O5. The number of nitrogens with zero attached hydrogens (tertiary/aromatic N) is 1. The van der Waals surface area contributed by atoms with Crippen molar-refractivity contribution in [2.75, 3.05) is 19.6 Å². The van der Waals surface area contributed by atoms with Gasteiger partial charge in [0.1, 0.15) is 0 Å². The van der Waals surface area contributed by atoms with E-state index in [-0.39, 0.29) is 18.2 Å².